The first-order valence-corrected chi connectivity index (χ1v) is 5.82. The molecule has 0 unspecified atom stereocenters. The number of hydrogen-bond donors (Lipinski definition) is 2. The zero-order chi connectivity index (χ0) is 14.4. The van der Waals surface area contributed by atoms with Crippen LogP contribution in [0.1, 0.15) is 24.2 Å². The predicted octanol–water partition coefficient (Wildman–Crippen LogP) is 2.21. The number of rotatable bonds is 5. The number of amides is 2. The Balaban J connectivity index is 2.83. The molecule has 1 rings (SSSR count). The summed E-state index contributed by atoms with van der Waals surface area (Å²) in [5.41, 5.74) is 0.372. The summed E-state index contributed by atoms with van der Waals surface area (Å²) in [6.45, 7) is 7.78. The molecule has 2 amide bonds. The summed E-state index contributed by atoms with van der Waals surface area (Å²) in [5, 5.41) is 11.5. The van der Waals surface area contributed by atoms with Crippen LogP contribution in [0.2, 0.25) is 0 Å². The number of anilines is 1. The first-order chi connectivity index (χ1) is 8.95. The summed E-state index contributed by atoms with van der Waals surface area (Å²) in [4.78, 5) is 28.2. The zero-order valence-electron chi connectivity index (χ0n) is 11.0. The van der Waals surface area contributed by atoms with E-state index in [4.69, 9.17) is 5.11 Å². The molecule has 6 nitrogen and oxygen atoms in total. The minimum Gasteiger partial charge on any atom is -0.478 e. The van der Waals surface area contributed by atoms with E-state index in [-0.39, 0.29) is 17.6 Å². The quantitative estimate of drug-likeness (QED) is 0.798. The van der Waals surface area contributed by atoms with Crippen molar-refractivity contribution < 1.29 is 14.7 Å². The molecule has 0 aliphatic heterocycles. The molecule has 1 heterocycles. The van der Waals surface area contributed by atoms with Gasteiger partial charge in [0.2, 0.25) is 0 Å². The molecule has 0 aromatic carbocycles. The van der Waals surface area contributed by atoms with E-state index in [0.29, 0.717) is 12.2 Å². The molecule has 102 valence electrons. The van der Waals surface area contributed by atoms with Crippen LogP contribution in [0, 0.1) is 0 Å². The standard InChI is InChI=1S/C13H17N3O3/c1-4-5-16(9(2)3)13(19)15-11-6-10(12(17)18)7-14-8-11/h4,6-9H,1,5H2,2-3H3,(H,15,19)(H,17,18). The number of nitrogens with one attached hydrogen (secondary N) is 1. The highest BCUT2D eigenvalue weighted by Crippen LogP contribution is 2.10. The molecule has 0 aliphatic rings. The Morgan fingerprint density at radius 3 is 2.74 bits per heavy atom. The number of urea groups is 1. The van der Waals surface area contributed by atoms with Gasteiger partial charge in [0.05, 0.1) is 17.4 Å². The molecular weight excluding hydrogens is 246 g/mol. The highest BCUT2D eigenvalue weighted by molar-refractivity contribution is 5.92. The number of nitrogens with zero attached hydrogens (tertiary/aromatic N) is 2. The zero-order valence-corrected chi connectivity index (χ0v) is 11.0. The number of carboxylic acids is 1. The molecule has 1 aromatic rings. The number of aromatic nitrogens is 1. The third kappa shape index (κ3) is 4.09. The van der Waals surface area contributed by atoms with Crippen LogP contribution in [0.5, 0.6) is 0 Å². The van der Waals surface area contributed by atoms with E-state index in [1.807, 2.05) is 13.8 Å². The second-order valence-electron chi connectivity index (χ2n) is 4.23. The lowest BCUT2D eigenvalue weighted by Crippen LogP contribution is -2.40. The van der Waals surface area contributed by atoms with Gasteiger partial charge in [0.25, 0.3) is 0 Å². The Bertz CT molecular complexity index is 486. The van der Waals surface area contributed by atoms with Gasteiger partial charge in [0.15, 0.2) is 0 Å². The van der Waals surface area contributed by atoms with Gasteiger partial charge in [-0.05, 0) is 19.9 Å². The minimum atomic E-state index is -1.09. The Hall–Kier alpha value is -2.37. The van der Waals surface area contributed by atoms with E-state index in [1.165, 1.54) is 18.5 Å². The number of carboxylic acid groups (broad SMARTS) is 1. The van der Waals surface area contributed by atoms with Crippen LogP contribution in [-0.4, -0.2) is 39.6 Å². The molecule has 0 atom stereocenters. The Labute approximate surface area is 111 Å². The van der Waals surface area contributed by atoms with Gasteiger partial charge in [-0.25, -0.2) is 9.59 Å². The van der Waals surface area contributed by atoms with E-state index in [1.54, 1.807) is 11.0 Å². The third-order valence-electron chi connectivity index (χ3n) is 2.45. The van der Waals surface area contributed by atoms with E-state index >= 15 is 0 Å². The summed E-state index contributed by atoms with van der Waals surface area (Å²) in [6.07, 6.45) is 4.25. The average molecular weight is 263 g/mol. The lowest BCUT2D eigenvalue weighted by Gasteiger charge is -2.25. The maximum Gasteiger partial charge on any atom is 0.337 e. The lowest BCUT2D eigenvalue weighted by molar-refractivity contribution is 0.0696. The van der Waals surface area contributed by atoms with Crippen LogP contribution in [0.25, 0.3) is 0 Å². The molecule has 1 aromatic heterocycles. The molecule has 19 heavy (non-hydrogen) atoms. The van der Waals surface area contributed by atoms with E-state index in [2.05, 4.69) is 16.9 Å². The SMILES string of the molecule is C=CCN(C(=O)Nc1cncc(C(=O)O)c1)C(C)C. The van der Waals surface area contributed by atoms with Gasteiger partial charge < -0.3 is 15.3 Å². The van der Waals surface area contributed by atoms with Crippen LogP contribution in [0.3, 0.4) is 0 Å². The number of aromatic carboxylic acids is 1. The van der Waals surface area contributed by atoms with Gasteiger partial charge in [-0.2, -0.15) is 0 Å². The highest BCUT2D eigenvalue weighted by atomic mass is 16.4. The van der Waals surface area contributed by atoms with Crippen molar-refractivity contribution >= 4 is 17.7 Å². The predicted molar refractivity (Wildman–Crippen MR) is 72.3 cm³/mol. The van der Waals surface area contributed by atoms with Crippen molar-refractivity contribution in [1.29, 1.82) is 0 Å². The van der Waals surface area contributed by atoms with Crippen molar-refractivity contribution in [2.75, 3.05) is 11.9 Å². The topological polar surface area (TPSA) is 82.5 Å². The lowest BCUT2D eigenvalue weighted by atomic mass is 10.2. The first kappa shape index (κ1) is 14.7. The Morgan fingerprint density at radius 2 is 2.21 bits per heavy atom. The molecule has 0 spiro atoms. The maximum absolute atomic E-state index is 12.0. The molecule has 0 saturated heterocycles. The van der Waals surface area contributed by atoms with Gasteiger partial charge in [0, 0.05) is 18.8 Å². The summed E-state index contributed by atoms with van der Waals surface area (Å²) < 4.78 is 0. The van der Waals surface area contributed by atoms with Crippen LogP contribution in [0.15, 0.2) is 31.1 Å². The van der Waals surface area contributed by atoms with Crippen LogP contribution in [0.4, 0.5) is 10.5 Å². The van der Waals surface area contributed by atoms with E-state index < -0.39 is 5.97 Å². The van der Waals surface area contributed by atoms with Crippen molar-refractivity contribution in [2.24, 2.45) is 0 Å². The van der Waals surface area contributed by atoms with Crippen molar-refractivity contribution in [3.8, 4) is 0 Å². The van der Waals surface area contributed by atoms with Crippen molar-refractivity contribution in [3.05, 3.63) is 36.7 Å². The summed E-state index contributed by atoms with van der Waals surface area (Å²) >= 11 is 0. The fraction of sp³-hybridized carbons (Fsp3) is 0.308. The minimum absolute atomic E-state index is 0.00798. The number of carbonyl (C=O) groups is 2. The van der Waals surface area contributed by atoms with E-state index in [0.717, 1.165) is 0 Å². The fourth-order valence-electron chi connectivity index (χ4n) is 1.49. The monoisotopic (exact) mass is 263 g/mol. The second-order valence-corrected chi connectivity index (χ2v) is 4.23. The molecule has 0 radical (unpaired) electrons. The second kappa shape index (κ2) is 6.53. The smallest absolute Gasteiger partial charge is 0.337 e. The summed E-state index contributed by atoms with van der Waals surface area (Å²) in [5.74, 6) is -1.09. The molecule has 0 aliphatic carbocycles. The highest BCUT2D eigenvalue weighted by Gasteiger charge is 2.16. The molecule has 0 fully saturated rings. The summed E-state index contributed by atoms with van der Waals surface area (Å²) in [7, 11) is 0. The molecule has 2 N–H and O–H groups in total. The molecule has 6 heteroatoms. The normalized spacial score (nSPS) is 10.1. The van der Waals surface area contributed by atoms with Crippen molar-refractivity contribution in [1.82, 2.24) is 9.88 Å². The molecular formula is C13H17N3O3. The average Bonchev–Trinajstić information content (AvgIpc) is 2.35. The fourth-order valence-corrected chi connectivity index (χ4v) is 1.49. The van der Waals surface area contributed by atoms with Gasteiger partial charge in [-0.15, -0.1) is 6.58 Å². The van der Waals surface area contributed by atoms with Crippen molar-refractivity contribution in [2.45, 2.75) is 19.9 Å². The number of pyridine rings is 1. The van der Waals surface area contributed by atoms with Gasteiger partial charge in [-0.1, -0.05) is 6.08 Å². The number of carbonyl (C=O) groups excluding carboxylic acids is 1. The van der Waals surface area contributed by atoms with Crippen LogP contribution >= 0.6 is 0 Å². The third-order valence-corrected chi connectivity index (χ3v) is 2.45. The van der Waals surface area contributed by atoms with Crippen LogP contribution in [-0.2, 0) is 0 Å². The van der Waals surface area contributed by atoms with Crippen LogP contribution < -0.4 is 5.32 Å². The first-order valence-electron chi connectivity index (χ1n) is 5.82. The summed E-state index contributed by atoms with van der Waals surface area (Å²) in [6, 6.07) is 1.05. The Kier molecular flexibility index (Phi) is 5.05. The number of hydrogen-bond acceptors (Lipinski definition) is 3. The van der Waals surface area contributed by atoms with Crippen molar-refractivity contribution in [3.63, 3.8) is 0 Å². The van der Waals surface area contributed by atoms with Gasteiger partial charge in [0.1, 0.15) is 0 Å². The van der Waals surface area contributed by atoms with E-state index in [9.17, 15) is 9.59 Å². The molecule has 0 saturated carbocycles. The van der Waals surface area contributed by atoms with Gasteiger partial charge >= 0.3 is 12.0 Å². The molecule has 0 bridgehead atoms. The Morgan fingerprint density at radius 1 is 1.53 bits per heavy atom. The van der Waals surface area contributed by atoms with Gasteiger partial charge in [-0.3, -0.25) is 4.98 Å². The largest absolute Gasteiger partial charge is 0.478 e. The maximum atomic E-state index is 12.0.